The van der Waals surface area contributed by atoms with E-state index in [1.54, 1.807) is 0 Å². The first-order valence-electron chi connectivity index (χ1n) is 5.97. The van der Waals surface area contributed by atoms with Gasteiger partial charge in [0.15, 0.2) is 0 Å². The molecule has 3 nitrogen and oxygen atoms in total. The summed E-state index contributed by atoms with van der Waals surface area (Å²) in [7, 11) is 0. The van der Waals surface area contributed by atoms with Crippen molar-refractivity contribution < 1.29 is 0 Å². The summed E-state index contributed by atoms with van der Waals surface area (Å²) in [6.07, 6.45) is 3.97. The first kappa shape index (κ1) is 12.9. The van der Waals surface area contributed by atoms with Gasteiger partial charge in [0.05, 0.1) is 5.88 Å². The van der Waals surface area contributed by atoms with E-state index in [-0.39, 0.29) is 0 Å². The molecule has 17 heavy (non-hydrogen) atoms. The van der Waals surface area contributed by atoms with Crippen LogP contribution in [0.1, 0.15) is 32.3 Å². The third-order valence-corrected chi connectivity index (χ3v) is 4.24. The van der Waals surface area contributed by atoms with Gasteiger partial charge < -0.3 is 4.90 Å². The molecule has 0 aromatic carbocycles. The zero-order valence-corrected chi connectivity index (χ0v) is 11.7. The molecule has 2 heterocycles. The maximum absolute atomic E-state index is 6.07. The number of rotatable bonds is 2. The highest BCUT2D eigenvalue weighted by molar-refractivity contribution is 6.31. The Labute approximate surface area is 112 Å². The highest BCUT2D eigenvalue weighted by atomic mass is 35.5. The Morgan fingerprint density at radius 1 is 1.41 bits per heavy atom. The van der Waals surface area contributed by atoms with Gasteiger partial charge in [-0.3, -0.25) is 0 Å². The van der Waals surface area contributed by atoms with Crippen LogP contribution in [-0.4, -0.2) is 22.6 Å². The predicted molar refractivity (Wildman–Crippen MR) is 71.8 cm³/mol. The molecule has 1 aromatic rings. The van der Waals surface area contributed by atoms with E-state index in [0.717, 1.165) is 17.9 Å². The van der Waals surface area contributed by atoms with Crippen molar-refractivity contribution in [3.05, 3.63) is 17.0 Å². The van der Waals surface area contributed by atoms with E-state index >= 15 is 0 Å². The molecule has 0 N–H and O–H groups in total. The molecule has 1 fully saturated rings. The number of halogens is 2. The van der Waals surface area contributed by atoms with Gasteiger partial charge >= 0.3 is 0 Å². The number of alkyl halides is 1. The van der Waals surface area contributed by atoms with Gasteiger partial charge in [0, 0.05) is 18.2 Å². The van der Waals surface area contributed by atoms with Gasteiger partial charge in [-0.25, -0.2) is 9.97 Å². The van der Waals surface area contributed by atoms with Crippen LogP contribution in [0.25, 0.3) is 0 Å². The smallest absolute Gasteiger partial charge is 0.138 e. The van der Waals surface area contributed by atoms with Crippen LogP contribution < -0.4 is 4.90 Å². The van der Waals surface area contributed by atoms with Crippen LogP contribution in [0.3, 0.4) is 0 Å². The molecule has 1 aliphatic rings. The van der Waals surface area contributed by atoms with E-state index in [9.17, 15) is 0 Å². The molecule has 0 saturated carbocycles. The first-order chi connectivity index (χ1) is 8.15. The van der Waals surface area contributed by atoms with Crippen molar-refractivity contribution in [3.63, 3.8) is 0 Å². The first-order valence-corrected chi connectivity index (χ1v) is 6.88. The lowest BCUT2D eigenvalue weighted by Gasteiger charge is -2.39. The Morgan fingerprint density at radius 3 is 2.88 bits per heavy atom. The van der Waals surface area contributed by atoms with Gasteiger partial charge in [-0.2, -0.15) is 0 Å². The predicted octanol–water partition coefficient (Wildman–Crippen LogP) is 3.49. The summed E-state index contributed by atoms with van der Waals surface area (Å²) in [5.41, 5.74) is 0.844. The molecule has 2 atom stereocenters. The zero-order valence-electron chi connectivity index (χ0n) is 10.2. The lowest BCUT2D eigenvalue weighted by atomic mass is 9.92. The number of hydrogen-bond donors (Lipinski definition) is 0. The van der Waals surface area contributed by atoms with Crippen LogP contribution in [0.4, 0.5) is 5.82 Å². The zero-order chi connectivity index (χ0) is 12.4. The van der Waals surface area contributed by atoms with Gasteiger partial charge in [0.25, 0.3) is 0 Å². The second-order valence-corrected chi connectivity index (χ2v) is 5.28. The monoisotopic (exact) mass is 273 g/mol. The Hall–Kier alpha value is -0.540. The van der Waals surface area contributed by atoms with E-state index in [2.05, 4.69) is 28.7 Å². The third kappa shape index (κ3) is 2.50. The Balaban J connectivity index is 2.35. The molecule has 2 rings (SSSR count). The fourth-order valence-electron chi connectivity index (χ4n) is 2.38. The highest BCUT2D eigenvalue weighted by Gasteiger charge is 2.27. The maximum atomic E-state index is 6.07. The standard InChI is InChI=1S/C12H17Cl2N3/c1-8-4-3-5-17(9(8)2)12-10(6-13)11(14)15-7-16-12/h7-9H,3-6H2,1-2H3. The van der Waals surface area contributed by atoms with Crippen LogP contribution in [0, 0.1) is 5.92 Å². The molecule has 1 aromatic heterocycles. The lowest BCUT2D eigenvalue weighted by molar-refractivity contribution is 0.361. The minimum absolute atomic E-state index is 0.354. The maximum Gasteiger partial charge on any atom is 0.138 e. The number of piperidine rings is 1. The topological polar surface area (TPSA) is 29.0 Å². The van der Waals surface area contributed by atoms with E-state index in [1.807, 2.05) is 0 Å². The fourth-order valence-corrected chi connectivity index (χ4v) is 2.89. The second kappa shape index (κ2) is 5.40. The second-order valence-electron chi connectivity index (χ2n) is 4.65. The number of nitrogens with zero attached hydrogens (tertiary/aromatic N) is 3. The summed E-state index contributed by atoms with van der Waals surface area (Å²) in [6.45, 7) is 5.53. The van der Waals surface area contributed by atoms with E-state index in [0.29, 0.717) is 23.0 Å². The van der Waals surface area contributed by atoms with Crippen molar-refractivity contribution >= 4 is 29.0 Å². The Morgan fingerprint density at radius 2 is 2.18 bits per heavy atom. The number of hydrogen-bond acceptors (Lipinski definition) is 3. The molecule has 0 aliphatic carbocycles. The van der Waals surface area contributed by atoms with Gasteiger partial charge in [-0.05, 0) is 25.7 Å². The van der Waals surface area contributed by atoms with Crippen molar-refractivity contribution in [1.29, 1.82) is 0 Å². The molecular formula is C12H17Cl2N3. The normalized spacial score (nSPS) is 25.1. The van der Waals surface area contributed by atoms with Crippen molar-refractivity contribution in [2.75, 3.05) is 11.4 Å². The van der Waals surface area contributed by atoms with Crippen LogP contribution >= 0.6 is 23.2 Å². The Bertz CT molecular complexity index is 397. The Kier molecular flexibility index (Phi) is 4.10. The van der Waals surface area contributed by atoms with Crippen molar-refractivity contribution in [2.24, 2.45) is 5.92 Å². The van der Waals surface area contributed by atoms with Crippen molar-refractivity contribution in [2.45, 2.75) is 38.6 Å². The molecule has 5 heteroatoms. The summed E-state index contributed by atoms with van der Waals surface area (Å²) in [6, 6.07) is 0.469. The molecule has 0 radical (unpaired) electrons. The van der Waals surface area contributed by atoms with Gasteiger partial charge in [-0.15, -0.1) is 11.6 Å². The summed E-state index contributed by atoms with van der Waals surface area (Å²) >= 11 is 12.0. The average molecular weight is 274 g/mol. The summed E-state index contributed by atoms with van der Waals surface area (Å²) in [5.74, 6) is 1.92. The SMILES string of the molecule is CC1CCCN(c2ncnc(Cl)c2CCl)C1C. The molecule has 0 spiro atoms. The molecule has 1 saturated heterocycles. The minimum atomic E-state index is 0.354. The van der Waals surface area contributed by atoms with Gasteiger partial charge in [0.1, 0.15) is 17.3 Å². The summed E-state index contributed by atoms with van der Waals surface area (Å²) in [4.78, 5) is 10.7. The van der Waals surface area contributed by atoms with Crippen LogP contribution in [-0.2, 0) is 5.88 Å². The van der Waals surface area contributed by atoms with Crippen molar-refractivity contribution in [3.8, 4) is 0 Å². The molecule has 0 bridgehead atoms. The quantitative estimate of drug-likeness (QED) is 0.610. The molecular weight excluding hydrogens is 257 g/mol. The lowest BCUT2D eigenvalue weighted by Crippen LogP contribution is -2.43. The fraction of sp³-hybridized carbons (Fsp3) is 0.667. The highest BCUT2D eigenvalue weighted by Crippen LogP contribution is 2.31. The van der Waals surface area contributed by atoms with Crippen LogP contribution in [0.15, 0.2) is 6.33 Å². The molecule has 94 valence electrons. The number of anilines is 1. The van der Waals surface area contributed by atoms with E-state index in [4.69, 9.17) is 23.2 Å². The van der Waals surface area contributed by atoms with Crippen LogP contribution in [0.5, 0.6) is 0 Å². The largest absolute Gasteiger partial charge is 0.353 e. The third-order valence-electron chi connectivity index (χ3n) is 3.65. The van der Waals surface area contributed by atoms with Gasteiger partial charge in [-0.1, -0.05) is 18.5 Å². The number of aromatic nitrogens is 2. The molecule has 2 unspecified atom stereocenters. The molecule has 0 amide bonds. The van der Waals surface area contributed by atoms with E-state index < -0.39 is 0 Å². The molecule has 1 aliphatic heterocycles. The van der Waals surface area contributed by atoms with Gasteiger partial charge in [0.2, 0.25) is 0 Å². The minimum Gasteiger partial charge on any atom is -0.353 e. The average Bonchev–Trinajstić information content (AvgIpc) is 2.32. The van der Waals surface area contributed by atoms with Crippen molar-refractivity contribution in [1.82, 2.24) is 9.97 Å². The van der Waals surface area contributed by atoms with Crippen LogP contribution in [0.2, 0.25) is 5.15 Å². The summed E-state index contributed by atoms with van der Waals surface area (Å²) in [5, 5.41) is 0.468. The van der Waals surface area contributed by atoms with E-state index in [1.165, 1.54) is 19.2 Å². The summed E-state index contributed by atoms with van der Waals surface area (Å²) < 4.78 is 0.